The molecule has 0 aromatic heterocycles. The van der Waals surface area contributed by atoms with Crippen LogP contribution >= 0.6 is 0 Å². The summed E-state index contributed by atoms with van der Waals surface area (Å²) in [6.45, 7) is 5.43. The second kappa shape index (κ2) is 4.69. The summed E-state index contributed by atoms with van der Waals surface area (Å²) in [7, 11) is 0. The number of urea groups is 1. The summed E-state index contributed by atoms with van der Waals surface area (Å²) in [5.74, 6) is -1.03. The highest BCUT2D eigenvalue weighted by atomic mass is 16.4. The molecule has 5 heteroatoms. The molecule has 1 unspecified atom stereocenters. The molecular formula is C8H16N2O3. The minimum Gasteiger partial charge on any atom is -0.480 e. The van der Waals surface area contributed by atoms with E-state index in [0.717, 1.165) is 0 Å². The van der Waals surface area contributed by atoms with Crippen molar-refractivity contribution in [1.82, 2.24) is 10.6 Å². The summed E-state index contributed by atoms with van der Waals surface area (Å²) in [5, 5.41) is 13.7. The number of carbonyl (C=O) groups excluding carboxylic acids is 1. The van der Waals surface area contributed by atoms with Crippen LogP contribution in [0.2, 0.25) is 0 Å². The molecule has 0 aliphatic rings. The summed E-state index contributed by atoms with van der Waals surface area (Å²) in [4.78, 5) is 21.8. The molecule has 0 aliphatic heterocycles. The van der Waals surface area contributed by atoms with Gasteiger partial charge in [0.15, 0.2) is 0 Å². The molecule has 3 N–H and O–H groups in total. The average Bonchev–Trinajstić information content (AvgIpc) is 2.04. The van der Waals surface area contributed by atoms with Gasteiger partial charge in [0, 0.05) is 6.54 Å². The van der Waals surface area contributed by atoms with E-state index >= 15 is 0 Å². The molecule has 5 nitrogen and oxygen atoms in total. The Morgan fingerprint density at radius 2 is 1.92 bits per heavy atom. The van der Waals surface area contributed by atoms with Gasteiger partial charge in [-0.1, -0.05) is 6.92 Å². The molecule has 2 amide bonds. The van der Waals surface area contributed by atoms with Crippen molar-refractivity contribution >= 4 is 12.0 Å². The van der Waals surface area contributed by atoms with Crippen LogP contribution in [0.15, 0.2) is 0 Å². The number of carboxylic acids is 1. The van der Waals surface area contributed by atoms with Crippen LogP contribution in [0.4, 0.5) is 4.79 Å². The van der Waals surface area contributed by atoms with Crippen LogP contribution in [-0.4, -0.2) is 29.2 Å². The van der Waals surface area contributed by atoms with Crippen molar-refractivity contribution in [1.29, 1.82) is 0 Å². The summed E-state index contributed by atoms with van der Waals surface area (Å²) < 4.78 is 0. The zero-order chi connectivity index (χ0) is 10.5. The van der Waals surface area contributed by atoms with Crippen LogP contribution in [0.5, 0.6) is 0 Å². The van der Waals surface area contributed by atoms with Crippen molar-refractivity contribution in [2.45, 2.75) is 32.7 Å². The summed E-state index contributed by atoms with van der Waals surface area (Å²) in [5.41, 5.74) is -1.18. The Morgan fingerprint density at radius 1 is 1.38 bits per heavy atom. The van der Waals surface area contributed by atoms with Gasteiger partial charge in [-0.15, -0.1) is 0 Å². The molecule has 0 heterocycles. The maximum Gasteiger partial charge on any atom is 0.329 e. The number of hydrogen-bond donors (Lipinski definition) is 3. The highest BCUT2D eigenvalue weighted by Gasteiger charge is 2.32. The molecule has 0 aliphatic carbocycles. The molecule has 13 heavy (non-hydrogen) atoms. The Bertz CT molecular complexity index is 206. The van der Waals surface area contributed by atoms with Crippen molar-refractivity contribution < 1.29 is 14.7 Å². The summed E-state index contributed by atoms with van der Waals surface area (Å²) >= 11 is 0. The van der Waals surface area contributed by atoms with E-state index in [1.54, 1.807) is 13.8 Å². The molecular weight excluding hydrogens is 172 g/mol. The number of rotatable bonds is 4. The van der Waals surface area contributed by atoms with Gasteiger partial charge >= 0.3 is 12.0 Å². The first kappa shape index (κ1) is 11.7. The SMILES string of the molecule is CCNC(=O)NC(C)(CC)C(=O)O. The van der Waals surface area contributed by atoms with Crippen molar-refractivity contribution in [2.24, 2.45) is 0 Å². The Kier molecular flexibility index (Phi) is 4.23. The predicted molar refractivity (Wildman–Crippen MR) is 48.5 cm³/mol. The largest absolute Gasteiger partial charge is 0.480 e. The summed E-state index contributed by atoms with van der Waals surface area (Å²) in [6, 6.07) is -0.450. The lowest BCUT2D eigenvalue weighted by molar-refractivity contribution is -0.143. The van der Waals surface area contributed by atoms with Crippen molar-refractivity contribution in [3.63, 3.8) is 0 Å². The monoisotopic (exact) mass is 188 g/mol. The number of hydrogen-bond acceptors (Lipinski definition) is 2. The molecule has 0 spiro atoms. The first-order valence-electron chi connectivity index (χ1n) is 4.25. The van der Waals surface area contributed by atoms with E-state index < -0.39 is 17.5 Å². The number of aliphatic carboxylic acids is 1. The Hall–Kier alpha value is -1.26. The topological polar surface area (TPSA) is 78.4 Å². The quantitative estimate of drug-likeness (QED) is 0.603. The molecule has 0 saturated carbocycles. The van der Waals surface area contributed by atoms with Crippen LogP contribution in [0.1, 0.15) is 27.2 Å². The second-order valence-corrected chi connectivity index (χ2v) is 2.98. The Balaban J connectivity index is 4.27. The van der Waals surface area contributed by atoms with Gasteiger partial charge in [-0.05, 0) is 20.3 Å². The number of amides is 2. The number of nitrogens with one attached hydrogen (secondary N) is 2. The predicted octanol–water partition coefficient (Wildman–Crippen LogP) is 0.559. The van der Waals surface area contributed by atoms with Crippen molar-refractivity contribution in [2.75, 3.05) is 6.54 Å². The molecule has 0 aromatic carbocycles. The van der Waals surface area contributed by atoms with E-state index in [9.17, 15) is 9.59 Å². The standard InChI is InChI=1S/C8H16N2O3/c1-4-8(3,6(11)12)10-7(13)9-5-2/h4-5H2,1-3H3,(H,11,12)(H2,9,10,13). The van der Waals surface area contributed by atoms with Crippen molar-refractivity contribution in [3.05, 3.63) is 0 Å². The third-order valence-corrected chi connectivity index (χ3v) is 1.91. The van der Waals surface area contributed by atoms with Gasteiger partial charge in [0.2, 0.25) is 0 Å². The normalized spacial score (nSPS) is 14.4. The van der Waals surface area contributed by atoms with Gasteiger partial charge in [-0.2, -0.15) is 0 Å². The van der Waals surface area contributed by atoms with Gasteiger partial charge in [-0.25, -0.2) is 9.59 Å². The van der Waals surface area contributed by atoms with E-state index in [1.165, 1.54) is 6.92 Å². The van der Waals surface area contributed by atoms with Gasteiger partial charge in [0.1, 0.15) is 5.54 Å². The maximum atomic E-state index is 11.0. The summed E-state index contributed by atoms with van der Waals surface area (Å²) in [6.07, 6.45) is 0.347. The zero-order valence-corrected chi connectivity index (χ0v) is 8.18. The smallest absolute Gasteiger partial charge is 0.329 e. The van der Waals surface area contributed by atoms with Crippen molar-refractivity contribution in [3.8, 4) is 0 Å². The molecule has 0 saturated heterocycles. The fourth-order valence-electron chi connectivity index (χ4n) is 0.748. The van der Waals surface area contributed by atoms with Crippen LogP contribution in [0, 0.1) is 0 Å². The van der Waals surface area contributed by atoms with E-state index in [2.05, 4.69) is 10.6 Å². The Labute approximate surface area is 77.5 Å². The van der Waals surface area contributed by atoms with Crippen LogP contribution in [0.3, 0.4) is 0 Å². The molecule has 0 fully saturated rings. The van der Waals surface area contributed by atoms with Gasteiger partial charge in [0.25, 0.3) is 0 Å². The highest BCUT2D eigenvalue weighted by molar-refractivity contribution is 5.85. The molecule has 1 atom stereocenters. The number of carbonyl (C=O) groups is 2. The fraction of sp³-hybridized carbons (Fsp3) is 0.750. The lowest BCUT2D eigenvalue weighted by Gasteiger charge is -2.24. The van der Waals surface area contributed by atoms with E-state index in [-0.39, 0.29) is 0 Å². The minimum atomic E-state index is -1.18. The van der Waals surface area contributed by atoms with E-state index in [4.69, 9.17) is 5.11 Å². The second-order valence-electron chi connectivity index (χ2n) is 2.98. The molecule has 0 bridgehead atoms. The lowest BCUT2D eigenvalue weighted by Crippen LogP contribution is -2.54. The highest BCUT2D eigenvalue weighted by Crippen LogP contribution is 2.08. The molecule has 0 radical (unpaired) electrons. The molecule has 0 aromatic rings. The van der Waals surface area contributed by atoms with Crippen LogP contribution in [0.25, 0.3) is 0 Å². The van der Waals surface area contributed by atoms with Gasteiger partial charge < -0.3 is 15.7 Å². The van der Waals surface area contributed by atoms with Gasteiger partial charge in [-0.3, -0.25) is 0 Å². The fourth-order valence-corrected chi connectivity index (χ4v) is 0.748. The Morgan fingerprint density at radius 3 is 2.23 bits per heavy atom. The molecule has 0 rings (SSSR count). The third kappa shape index (κ3) is 3.31. The third-order valence-electron chi connectivity index (χ3n) is 1.91. The first-order chi connectivity index (χ1) is 5.96. The van der Waals surface area contributed by atoms with Gasteiger partial charge in [0.05, 0.1) is 0 Å². The average molecular weight is 188 g/mol. The maximum absolute atomic E-state index is 11.0. The zero-order valence-electron chi connectivity index (χ0n) is 8.18. The molecule has 76 valence electrons. The van der Waals surface area contributed by atoms with E-state index in [0.29, 0.717) is 13.0 Å². The first-order valence-corrected chi connectivity index (χ1v) is 4.25. The minimum absolute atomic E-state index is 0.347. The lowest BCUT2D eigenvalue weighted by atomic mass is 10.00. The van der Waals surface area contributed by atoms with E-state index in [1.807, 2.05) is 0 Å². The number of carboxylic acid groups (broad SMARTS) is 1. The van der Waals surface area contributed by atoms with Crippen LogP contribution < -0.4 is 10.6 Å². The van der Waals surface area contributed by atoms with Crippen LogP contribution in [-0.2, 0) is 4.79 Å².